The van der Waals surface area contributed by atoms with Crippen molar-refractivity contribution in [2.45, 2.75) is 55.9 Å². The number of thioether (sulfide) groups is 1. The van der Waals surface area contributed by atoms with Gasteiger partial charge in [-0.1, -0.05) is 30.3 Å². The molecule has 2 aliphatic carbocycles. The van der Waals surface area contributed by atoms with E-state index in [1.807, 2.05) is 36.2 Å². The quantitative estimate of drug-likeness (QED) is 0.580. The van der Waals surface area contributed by atoms with Crippen molar-refractivity contribution < 1.29 is 19.1 Å². The van der Waals surface area contributed by atoms with Crippen molar-refractivity contribution in [3.63, 3.8) is 0 Å². The Morgan fingerprint density at radius 2 is 1.89 bits per heavy atom. The predicted molar refractivity (Wildman–Crippen MR) is 143 cm³/mol. The first kappa shape index (κ1) is 24.8. The fourth-order valence-corrected chi connectivity index (χ4v) is 7.30. The summed E-state index contributed by atoms with van der Waals surface area (Å²) in [5.41, 5.74) is 3.51. The maximum absolute atomic E-state index is 13.3. The summed E-state index contributed by atoms with van der Waals surface area (Å²) in [6, 6.07) is 14.3. The maximum atomic E-state index is 13.3. The number of hydrogen-bond donors (Lipinski definition) is 1. The Bertz CT molecular complexity index is 1180. The number of amides is 2. The van der Waals surface area contributed by atoms with Gasteiger partial charge >= 0.3 is 0 Å². The molecule has 4 unspecified atom stereocenters. The van der Waals surface area contributed by atoms with Gasteiger partial charge in [-0.2, -0.15) is 0 Å². The van der Waals surface area contributed by atoms with E-state index in [2.05, 4.69) is 29.6 Å². The number of fused-ring (bicyclic) bond motifs is 2. The van der Waals surface area contributed by atoms with Crippen LogP contribution < -0.4 is 14.8 Å². The first-order chi connectivity index (χ1) is 17.5. The highest BCUT2D eigenvalue weighted by molar-refractivity contribution is 8.04. The molecule has 4 atom stereocenters. The molecule has 1 heterocycles. The molecule has 2 amide bonds. The number of ether oxygens (including phenoxy) is 2. The van der Waals surface area contributed by atoms with E-state index < -0.39 is 0 Å². The zero-order valence-corrected chi connectivity index (χ0v) is 22.0. The van der Waals surface area contributed by atoms with Crippen molar-refractivity contribution in [3.8, 4) is 11.5 Å². The molecule has 0 bridgehead atoms. The van der Waals surface area contributed by atoms with Gasteiger partial charge < -0.3 is 19.7 Å². The number of benzene rings is 2. The summed E-state index contributed by atoms with van der Waals surface area (Å²) in [5.74, 6) is 1.38. The Morgan fingerprint density at radius 1 is 1.08 bits per heavy atom. The minimum absolute atomic E-state index is 0.0123. The van der Waals surface area contributed by atoms with Crippen LogP contribution in [0.3, 0.4) is 0 Å². The third kappa shape index (κ3) is 4.85. The molecule has 0 aromatic heterocycles. The van der Waals surface area contributed by atoms with Crippen molar-refractivity contribution in [2.75, 3.05) is 21.3 Å². The van der Waals surface area contributed by atoms with Gasteiger partial charge in [-0.05, 0) is 73.4 Å². The van der Waals surface area contributed by atoms with Crippen LogP contribution in [0.1, 0.15) is 54.8 Å². The molecule has 1 saturated carbocycles. The van der Waals surface area contributed by atoms with E-state index in [4.69, 9.17) is 9.47 Å². The smallest absolute Gasteiger partial charge is 0.260 e. The zero-order chi connectivity index (χ0) is 25.2. The number of likely N-dealkylation sites (N-methyl/N-ethyl adjacent to an activating group) is 1. The average molecular weight is 507 g/mol. The third-order valence-electron chi connectivity index (χ3n) is 7.82. The number of aryl methyl sites for hydroxylation is 1. The largest absolute Gasteiger partial charge is 0.493 e. The standard InChI is InChI=1S/C29H34N2O4S/c1-31-23-17-20(28(32)30-22-10-6-8-19-7-4-5-9-21(19)22)12-14-26(23)36-27(29(31)33)16-18-11-13-24(34-2)25(15-18)35-3/h4-5,7,9,11,13,15-16,20,22-23,26H,6,8,10,12,14,17H2,1-3H3,(H,30,32)/b27-16-. The minimum Gasteiger partial charge on any atom is -0.493 e. The van der Waals surface area contributed by atoms with Gasteiger partial charge in [-0.25, -0.2) is 0 Å². The summed E-state index contributed by atoms with van der Waals surface area (Å²) >= 11 is 1.65. The fraction of sp³-hybridized carbons (Fsp3) is 0.448. The molecule has 0 radical (unpaired) electrons. The SMILES string of the molecule is COc1ccc(/C=C2\SC3CCC(C(=O)NC4CCCc5ccccc54)CC3N(C)C2=O)cc1OC. The second-order valence-electron chi connectivity index (χ2n) is 9.92. The Kier molecular flexibility index (Phi) is 7.28. The highest BCUT2D eigenvalue weighted by Gasteiger charge is 2.43. The van der Waals surface area contributed by atoms with E-state index in [1.54, 1.807) is 26.0 Å². The summed E-state index contributed by atoms with van der Waals surface area (Å²) < 4.78 is 10.7. The van der Waals surface area contributed by atoms with Crippen LogP contribution in [-0.4, -0.2) is 49.3 Å². The van der Waals surface area contributed by atoms with Crippen molar-refractivity contribution in [2.24, 2.45) is 5.92 Å². The number of rotatable bonds is 5. The molecule has 36 heavy (non-hydrogen) atoms. The van der Waals surface area contributed by atoms with Gasteiger partial charge in [0.1, 0.15) is 0 Å². The highest BCUT2D eigenvalue weighted by Crippen LogP contribution is 2.44. The van der Waals surface area contributed by atoms with Gasteiger partial charge in [-0.3, -0.25) is 9.59 Å². The van der Waals surface area contributed by atoms with Crippen LogP contribution in [0.25, 0.3) is 6.08 Å². The summed E-state index contributed by atoms with van der Waals surface area (Å²) in [6.07, 6.45) is 7.57. The molecule has 7 heteroatoms. The molecule has 2 fully saturated rings. The lowest BCUT2D eigenvalue weighted by Crippen LogP contribution is -2.52. The van der Waals surface area contributed by atoms with Crippen LogP contribution in [0.4, 0.5) is 0 Å². The van der Waals surface area contributed by atoms with Crippen molar-refractivity contribution in [1.29, 1.82) is 0 Å². The van der Waals surface area contributed by atoms with E-state index in [1.165, 1.54) is 11.1 Å². The van der Waals surface area contributed by atoms with Gasteiger partial charge in [0.2, 0.25) is 5.91 Å². The van der Waals surface area contributed by atoms with Gasteiger partial charge in [0.05, 0.1) is 25.2 Å². The Morgan fingerprint density at radius 3 is 2.69 bits per heavy atom. The molecule has 3 aliphatic rings. The molecule has 1 aliphatic heterocycles. The number of methoxy groups -OCH3 is 2. The minimum atomic E-state index is -0.0624. The first-order valence-corrected chi connectivity index (χ1v) is 13.6. The van der Waals surface area contributed by atoms with Crippen LogP contribution in [0, 0.1) is 5.92 Å². The highest BCUT2D eigenvalue weighted by atomic mass is 32.2. The van der Waals surface area contributed by atoms with Gasteiger partial charge in [-0.15, -0.1) is 11.8 Å². The molecule has 2 aromatic rings. The number of carbonyl (C=O) groups excluding carboxylic acids is 2. The summed E-state index contributed by atoms with van der Waals surface area (Å²) in [6.45, 7) is 0. The normalized spacial score (nSPS) is 26.7. The molecule has 1 N–H and O–H groups in total. The van der Waals surface area contributed by atoms with Crippen LogP contribution in [0.15, 0.2) is 47.4 Å². The van der Waals surface area contributed by atoms with Gasteiger partial charge in [0.25, 0.3) is 5.91 Å². The van der Waals surface area contributed by atoms with E-state index >= 15 is 0 Å². The van der Waals surface area contributed by atoms with Crippen LogP contribution in [0.5, 0.6) is 11.5 Å². The molecular weight excluding hydrogens is 472 g/mol. The summed E-state index contributed by atoms with van der Waals surface area (Å²) in [7, 11) is 5.09. The number of nitrogens with zero attached hydrogens (tertiary/aromatic N) is 1. The van der Waals surface area contributed by atoms with Crippen LogP contribution >= 0.6 is 11.8 Å². The number of nitrogens with one attached hydrogen (secondary N) is 1. The van der Waals surface area contributed by atoms with Crippen molar-refractivity contribution in [1.82, 2.24) is 10.2 Å². The van der Waals surface area contributed by atoms with Crippen LogP contribution in [0.2, 0.25) is 0 Å². The predicted octanol–water partition coefficient (Wildman–Crippen LogP) is 4.98. The summed E-state index contributed by atoms with van der Waals surface area (Å²) in [4.78, 5) is 29.2. The lowest BCUT2D eigenvalue weighted by molar-refractivity contribution is -0.132. The van der Waals surface area contributed by atoms with Crippen molar-refractivity contribution >= 4 is 29.7 Å². The molecule has 5 rings (SSSR count). The number of carbonyl (C=O) groups is 2. The van der Waals surface area contributed by atoms with Crippen molar-refractivity contribution in [3.05, 3.63) is 64.1 Å². The Labute approximate surface area is 217 Å². The van der Waals surface area contributed by atoms with E-state index in [0.29, 0.717) is 23.2 Å². The summed E-state index contributed by atoms with van der Waals surface area (Å²) in [5, 5.41) is 3.64. The third-order valence-corrected chi connectivity index (χ3v) is 9.22. The number of hydrogen-bond acceptors (Lipinski definition) is 5. The molecule has 0 spiro atoms. The molecular formula is C29H34N2O4S. The second-order valence-corrected chi connectivity index (χ2v) is 11.2. The average Bonchev–Trinajstić information content (AvgIpc) is 2.91. The maximum Gasteiger partial charge on any atom is 0.260 e. The Balaban J connectivity index is 1.26. The zero-order valence-electron chi connectivity index (χ0n) is 21.2. The van der Waals surface area contributed by atoms with E-state index in [9.17, 15) is 9.59 Å². The van der Waals surface area contributed by atoms with E-state index in [0.717, 1.165) is 42.6 Å². The van der Waals surface area contributed by atoms with Gasteiger partial charge in [0.15, 0.2) is 11.5 Å². The Hall–Kier alpha value is -2.93. The lowest BCUT2D eigenvalue weighted by Gasteiger charge is -2.44. The molecule has 2 aromatic carbocycles. The van der Waals surface area contributed by atoms with E-state index in [-0.39, 0.29) is 29.8 Å². The van der Waals surface area contributed by atoms with Crippen LogP contribution in [-0.2, 0) is 16.0 Å². The molecule has 1 saturated heterocycles. The fourth-order valence-electron chi connectivity index (χ4n) is 5.82. The first-order valence-electron chi connectivity index (χ1n) is 12.7. The monoisotopic (exact) mass is 506 g/mol. The lowest BCUT2D eigenvalue weighted by atomic mass is 9.82. The molecule has 6 nitrogen and oxygen atoms in total. The topological polar surface area (TPSA) is 67.9 Å². The molecule has 190 valence electrons. The second kappa shape index (κ2) is 10.6. The van der Waals surface area contributed by atoms with Gasteiger partial charge in [0, 0.05) is 24.3 Å².